The van der Waals surface area contributed by atoms with Crippen LogP contribution in [-0.4, -0.2) is 10.2 Å². The molecule has 0 saturated heterocycles. The number of phenols is 2. The Balaban J connectivity index is 1.89. The first-order valence-electron chi connectivity index (χ1n) is 10.7. The molecule has 1 rings (SSSR count). The van der Waals surface area contributed by atoms with E-state index in [9.17, 15) is 10.2 Å². The number of rotatable bonds is 15. The third-order valence-electron chi connectivity index (χ3n) is 4.58. The topological polar surface area (TPSA) is 40.5 Å². The maximum Gasteiger partial charge on any atom is 0.119 e. The van der Waals surface area contributed by atoms with E-state index in [2.05, 4.69) is 43.4 Å². The minimum atomic E-state index is 0.152. The number of aromatic hydroxyl groups is 2. The molecule has 2 nitrogen and oxygen atoms in total. The van der Waals surface area contributed by atoms with Crippen LogP contribution in [0.4, 0.5) is 0 Å². The summed E-state index contributed by atoms with van der Waals surface area (Å²) in [5, 5.41) is 18.9. The number of phenolic OH excluding ortho intramolecular Hbond substituents is 2. The molecule has 0 saturated carbocycles. The summed E-state index contributed by atoms with van der Waals surface area (Å²) in [6.07, 6.45) is 27.7. The first-order valence-corrected chi connectivity index (χ1v) is 10.7. The van der Waals surface area contributed by atoms with Gasteiger partial charge in [-0.15, -0.1) is 0 Å². The highest BCUT2D eigenvalue weighted by atomic mass is 16.3. The van der Waals surface area contributed by atoms with Crippen LogP contribution in [0.2, 0.25) is 0 Å². The molecule has 0 spiro atoms. The number of unbranched alkanes of at least 4 members (excludes halogenated alkanes) is 7. The summed E-state index contributed by atoms with van der Waals surface area (Å²) in [6, 6.07) is 4.86. The lowest BCUT2D eigenvalue weighted by molar-refractivity contribution is 0.449. The van der Waals surface area contributed by atoms with Crippen LogP contribution in [0.5, 0.6) is 11.5 Å². The van der Waals surface area contributed by atoms with Gasteiger partial charge in [-0.25, -0.2) is 0 Å². The molecule has 1 aromatic carbocycles. The summed E-state index contributed by atoms with van der Waals surface area (Å²) in [7, 11) is 0. The SMILES string of the molecule is CCC=CCC=CCC=CCCCCCCCCCc1cc(O)cc(O)c1. The molecule has 2 heteroatoms. The Bertz CT molecular complexity index is 549. The van der Waals surface area contributed by atoms with E-state index in [-0.39, 0.29) is 11.5 Å². The van der Waals surface area contributed by atoms with Crippen LogP contribution in [-0.2, 0) is 6.42 Å². The van der Waals surface area contributed by atoms with Gasteiger partial charge in [0.25, 0.3) is 0 Å². The van der Waals surface area contributed by atoms with Gasteiger partial charge in [0.15, 0.2) is 0 Å². The van der Waals surface area contributed by atoms with Gasteiger partial charge < -0.3 is 10.2 Å². The lowest BCUT2D eigenvalue weighted by Crippen LogP contribution is -1.86. The van der Waals surface area contributed by atoms with E-state index in [1.54, 1.807) is 12.1 Å². The molecule has 0 bridgehead atoms. The highest BCUT2D eigenvalue weighted by Gasteiger charge is 1.99. The maximum atomic E-state index is 9.47. The first kappa shape index (κ1) is 23.1. The van der Waals surface area contributed by atoms with Crippen molar-refractivity contribution < 1.29 is 10.2 Å². The fourth-order valence-electron chi connectivity index (χ4n) is 3.10. The van der Waals surface area contributed by atoms with E-state index >= 15 is 0 Å². The summed E-state index contributed by atoms with van der Waals surface area (Å²) in [4.78, 5) is 0. The summed E-state index contributed by atoms with van der Waals surface area (Å²) in [5.74, 6) is 0.304. The normalized spacial score (nSPS) is 12.0. The average molecular weight is 371 g/mol. The highest BCUT2D eigenvalue weighted by Crippen LogP contribution is 2.22. The molecule has 0 atom stereocenters. The van der Waals surface area contributed by atoms with Gasteiger partial charge in [-0.3, -0.25) is 0 Å². The van der Waals surface area contributed by atoms with Crippen LogP contribution in [0, 0.1) is 0 Å². The molecule has 0 aliphatic rings. The summed E-state index contributed by atoms with van der Waals surface area (Å²) < 4.78 is 0. The third kappa shape index (κ3) is 13.8. The van der Waals surface area contributed by atoms with Crippen LogP contribution >= 0.6 is 0 Å². The van der Waals surface area contributed by atoms with Crippen molar-refractivity contribution in [3.8, 4) is 11.5 Å². The van der Waals surface area contributed by atoms with Gasteiger partial charge in [-0.05, 0) is 62.6 Å². The van der Waals surface area contributed by atoms with Crippen molar-refractivity contribution in [1.29, 1.82) is 0 Å². The second-order valence-electron chi connectivity index (χ2n) is 7.17. The van der Waals surface area contributed by atoms with Gasteiger partial charge in [0.05, 0.1) is 0 Å². The Hall–Kier alpha value is -1.96. The van der Waals surface area contributed by atoms with Gasteiger partial charge >= 0.3 is 0 Å². The lowest BCUT2D eigenvalue weighted by Gasteiger charge is -2.04. The van der Waals surface area contributed by atoms with E-state index < -0.39 is 0 Å². The Labute approximate surface area is 166 Å². The van der Waals surface area contributed by atoms with Crippen LogP contribution in [0.25, 0.3) is 0 Å². The standard InChI is InChI=1S/C25H38O2/c1-2-3-4-5-6-7-8-9-10-11-12-13-14-15-16-17-18-19-23-20-24(26)22-25(27)21-23/h3-4,6-7,9-10,20-22,26-27H,2,5,8,11-19H2,1H3. The molecule has 0 radical (unpaired) electrons. The Kier molecular flexibility index (Phi) is 13.9. The zero-order chi connectivity index (χ0) is 19.6. The zero-order valence-corrected chi connectivity index (χ0v) is 17.1. The minimum Gasteiger partial charge on any atom is -0.508 e. The van der Waals surface area contributed by atoms with Crippen LogP contribution < -0.4 is 0 Å². The van der Waals surface area contributed by atoms with Gasteiger partial charge in [0.2, 0.25) is 0 Å². The summed E-state index contributed by atoms with van der Waals surface area (Å²) in [5.41, 5.74) is 1.02. The summed E-state index contributed by atoms with van der Waals surface area (Å²) >= 11 is 0. The number of allylic oxidation sites excluding steroid dienone is 6. The molecule has 1 aromatic rings. The smallest absolute Gasteiger partial charge is 0.119 e. The van der Waals surface area contributed by atoms with E-state index in [1.165, 1.54) is 51.0 Å². The molecular weight excluding hydrogens is 332 g/mol. The maximum absolute atomic E-state index is 9.47. The predicted molar refractivity (Wildman–Crippen MR) is 117 cm³/mol. The van der Waals surface area contributed by atoms with Crippen molar-refractivity contribution in [1.82, 2.24) is 0 Å². The van der Waals surface area contributed by atoms with Crippen molar-refractivity contribution >= 4 is 0 Å². The molecule has 2 N–H and O–H groups in total. The summed E-state index contributed by atoms with van der Waals surface area (Å²) in [6.45, 7) is 2.16. The van der Waals surface area contributed by atoms with Gasteiger partial charge in [-0.2, -0.15) is 0 Å². The minimum absolute atomic E-state index is 0.152. The van der Waals surface area contributed by atoms with E-state index in [0.29, 0.717) is 0 Å². The second kappa shape index (κ2) is 16.2. The largest absolute Gasteiger partial charge is 0.508 e. The molecule has 0 aliphatic carbocycles. The van der Waals surface area contributed by atoms with Gasteiger partial charge in [0.1, 0.15) is 11.5 Å². The third-order valence-corrected chi connectivity index (χ3v) is 4.58. The fraction of sp³-hybridized carbons (Fsp3) is 0.520. The average Bonchev–Trinajstić information content (AvgIpc) is 2.63. The molecule has 0 amide bonds. The number of benzene rings is 1. The molecule has 0 aliphatic heterocycles. The molecule has 0 unspecified atom stereocenters. The number of hydrogen-bond acceptors (Lipinski definition) is 2. The quantitative estimate of drug-likeness (QED) is 0.246. The zero-order valence-electron chi connectivity index (χ0n) is 17.1. The van der Waals surface area contributed by atoms with Crippen LogP contribution in [0.1, 0.15) is 83.1 Å². The molecule has 0 fully saturated rings. The van der Waals surface area contributed by atoms with Crippen molar-refractivity contribution in [2.45, 2.75) is 84.0 Å². The van der Waals surface area contributed by atoms with Gasteiger partial charge in [-0.1, -0.05) is 75.5 Å². The lowest BCUT2D eigenvalue weighted by atomic mass is 10.0. The molecule has 27 heavy (non-hydrogen) atoms. The fourth-order valence-corrected chi connectivity index (χ4v) is 3.10. The molecule has 0 heterocycles. The number of hydrogen-bond donors (Lipinski definition) is 2. The predicted octanol–water partition coefficient (Wildman–Crippen LogP) is 7.62. The second-order valence-corrected chi connectivity index (χ2v) is 7.17. The Morgan fingerprint density at radius 1 is 0.630 bits per heavy atom. The van der Waals surface area contributed by atoms with E-state index in [4.69, 9.17) is 0 Å². The molecule has 150 valence electrons. The van der Waals surface area contributed by atoms with Crippen molar-refractivity contribution in [3.63, 3.8) is 0 Å². The first-order chi connectivity index (χ1) is 13.2. The van der Waals surface area contributed by atoms with E-state index in [0.717, 1.165) is 37.7 Å². The Morgan fingerprint density at radius 2 is 1.15 bits per heavy atom. The molecular formula is C25H38O2. The van der Waals surface area contributed by atoms with Crippen molar-refractivity contribution in [2.75, 3.05) is 0 Å². The monoisotopic (exact) mass is 370 g/mol. The van der Waals surface area contributed by atoms with Crippen LogP contribution in [0.15, 0.2) is 54.7 Å². The highest BCUT2D eigenvalue weighted by molar-refractivity contribution is 5.36. The van der Waals surface area contributed by atoms with Crippen molar-refractivity contribution in [3.05, 3.63) is 60.2 Å². The van der Waals surface area contributed by atoms with E-state index in [1.807, 2.05) is 0 Å². The molecule has 0 aromatic heterocycles. The number of aryl methyl sites for hydroxylation is 1. The van der Waals surface area contributed by atoms with Gasteiger partial charge in [0, 0.05) is 6.07 Å². The Morgan fingerprint density at radius 3 is 1.78 bits per heavy atom. The van der Waals surface area contributed by atoms with Crippen molar-refractivity contribution in [2.24, 2.45) is 0 Å². The van der Waals surface area contributed by atoms with Crippen LogP contribution in [0.3, 0.4) is 0 Å².